The second-order valence-corrected chi connectivity index (χ2v) is 6.95. The van der Waals surface area contributed by atoms with Crippen LogP contribution in [0.25, 0.3) is 0 Å². The van der Waals surface area contributed by atoms with Gasteiger partial charge in [-0.05, 0) is 45.2 Å². The third kappa shape index (κ3) is 8.20. The number of halogens is 2. The summed E-state index contributed by atoms with van der Waals surface area (Å²) in [5.74, 6) is 0.975. The molecule has 28 heavy (non-hydrogen) atoms. The second kappa shape index (κ2) is 12.8. The first kappa shape index (κ1) is 24.5. The zero-order valence-corrected chi connectivity index (χ0v) is 19.2. The number of rotatable bonds is 7. The maximum Gasteiger partial charge on any atom is 0.224 e. The second-order valence-electron chi connectivity index (χ2n) is 6.95. The Morgan fingerprint density at radius 1 is 1.39 bits per heavy atom. The van der Waals surface area contributed by atoms with E-state index in [1.54, 1.807) is 19.2 Å². The third-order valence-corrected chi connectivity index (χ3v) is 4.67. The van der Waals surface area contributed by atoms with Crippen molar-refractivity contribution in [3.05, 3.63) is 30.1 Å². The van der Waals surface area contributed by atoms with Crippen molar-refractivity contribution in [1.82, 2.24) is 15.5 Å². The molecule has 158 valence electrons. The van der Waals surface area contributed by atoms with E-state index in [2.05, 4.69) is 22.5 Å². The van der Waals surface area contributed by atoms with Gasteiger partial charge in [0.15, 0.2) is 5.96 Å². The predicted octanol–water partition coefficient (Wildman–Crippen LogP) is 3.17. The van der Waals surface area contributed by atoms with Crippen LogP contribution in [0.4, 0.5) is 4.39 Å². The van der Waals surface area contributed by atoms with Crippen molar-refractivity contribution in [2.75, 3.05) is 26.7 Å². The van der Waals surface area contributed by atoms with E-state index in [0.717, 1.165) is 19.4 Å². The number of aliphatic imine (C=N–C) groups is 1. The highest BCUT2D eigenvalue weighted by atomic mass is 127. The van der Waals surface area contributed by atoms with Gasteiger partial charge in [-0.3, -0.25) is 9.79 Å². The first-order chi connectivity index (χ1) is 13.0. The molecule has 1 amide bonds. The Bertz CT molecular complexity index is 644. The summed E-state index contributed by atoms with van der Waals surface area (Å²) in [6, 6.07) is 6.42. The molecule has 2 unspecified atom stereocenters. The maximum absolute atomic E-state index is 13.2. The smallest absolute Gasteiger partial charge is 0.224 e. The van der Waals surface area contributed by atoms with Crippen molar-refractivity contribution in [2.24, 2.45) is 4.99 Å². The molecule has 1 saturated heterocycles. The van der Waals surface area contributed by atoms with Crippen molar-refractivity contribution in [2.45, 2.75) is 51.7 Å². The molecule has 0 spiro atoms. The molecule has 1 aromatic rings. The van der Waals surface area contributed by atoms with Crippen LogP contribution < -0.4 is 15.4 Å². The molecule has 2 N–H and O–H groups in total. The van der Waals surface area contributed by atoms with Crippen LogP contribution >= 0.6 is 24.0 Å². The van der Waals surface area contributed by atoms with Gasteiger partial charge in [0.25, 0.3) is 0 Å². The summed E-state index contributed by atoms with van der Waals surface area (Å²) < 4.78 is 18.9. The molecule has 2 rings (SSSR count). The van der Waals surface area contributed by atoms with E-state index in [-0.39, 0.29) is 41.8 Å². The molecular weight excluding hydrogens is 474 g/mol. The van der Waals surface area contributed by atoms with Crippen LogP contribution in [0.5, 0.6) is 5.75 Å². The number of amides is 1. The number of hydrogen-bond donors (Lipinski definition) is 2. The Morgan fingerprint density at radius 3 is 2.86 bits per heavy atom. The lowest BCUT2D eigenvalue weighted by molar-refractivity contribution is -0.134. The minimum absolute atomic E-state index is 0. The minimum atomic E-state index is -0.321. The molecule has 1 aliphatic heterocycles. The standard InChI is InChI=1S/C20H31FN4O2.HI/c1-15-7-4-5-12-25(15)19(26)10-11-23-20(22-3)24-14-16(2)27-18-9-6-8-17(21)13-18;/h6,8-9,13,15-16H,4-5,7,10-12,14H2,1-3H3,(H2,22,23,24);1H. The molecule has 0 saturated carbocycles. The Morgan fingerprint density at radius 2 is 2.18 bits per heavy atom. The molecule has 0 aromatic heterocycles. The number of piperidine rings is 1. The summed E-state index contributed by atoms with van der Waals surface area (Å²) in [5.41, 5.74) is 0. The minimum Gasteiger partial charge on any atom is -0.489 e. The number of carbonyl (C=O) groups excluding carboxylic acids is 1. The lowest BCUT2D eigenvalue weighted by atomic mass is 10.0. The molecule has 1 aliphatic rings. The van der Waals surface area contributed by atoms with Gasteiger partial charge in [-0.2, -0.15) is 0 Å². The van der Waals surface area contributed by atoms with Crippen LogP contribution in [0.1, 0.15) is 39.5 Å². The van der Waals surface area contributed by atoms with Crippen LogP contribution in [0, 0.1) is 5.82 Å². The molecule has 1 heterocycles. The average molecular weight is 506 g/mol. The van der Waals surface area contributed by atoms with E-state index in [0.29, 0.717) is 37.3 Å². The number of carbonyl (C=O) groups is 1. The number of nitrogens with one attached hydrogen (secondary N) is 2. The number of nitrogens with zero attached hydrogens (tertiary/aromatic N) is 2. The van der Waals surface area contributed by atoms with Crippen molar-refractivity contribution < 1.29 is 13.9 Å². The van der Waals surface area contributed by atoms with E-state index in [4.69, 9.17) is 4.74 Å². The van der Waals surface area contributed by atoms with E-state index in [1.165, 1.54) is 18.6 Å². The highest BCUT2D eigenvalue weighted by molar-refractivity contribution is 14.0. The molecular formula is C20H32FIN4O2. The Hall–Kier alpha value is -1.58. The van der Waals surface area contributed by atoms with Crippen molar-refractivity contribution in [3.8, 4) is 5.75 Å². The average Bonchev–Trinajstić information content (AvgIpc) is 2.64. The molecule has 0 bridgehead atoms. The van der Waals surface area contributed by atoms with E-state index < -0.39 is 0 Å². The summed E-state index contributed by atoms with van der Waals surface area (Å²) in [7, 11) is 1.68. The van der Waals surface area contributed by atoms with E-state index in [1.807, 2.05) is 11.8 Å². The highest BCUT2D eigenvalue weighted by Crippen LogP contribution is 2.17. The molecule has 6 nitrogen and oxygen atoms in total. The maximum atomic E-state index is 13.2. The molecule has 0 aliphatic carbocycles. The van der Waals surface area contributed by atoms with Gasteiger partial charge in [0.2, 0.25) is 5.91 Å². The van der Waals surface area contributed by atoms with Gasteiger partial charge in [-0.1, -0.05) is 6.07 Å². The Balaban J connectivity index is 0.00000392. The monoisotopic (exact) mass is 506 g/mol. The number of likely N-dealkylation sites (tertiary alicyclic amines) is 1. The van der Waals surface area contributed by atoms with Crippen LogP contribution in [0.15, 0.2) is 29.3 Å². The van der Waals surface area contributed by atoms with Gasteiger partial charge in [0, 0.05) is 38.7 Å². The SMILES string of the molecule is CN=C(NCCC(=O)N1CCCCC1C)NCC(C)Oc1cccc(F)c1.I. The first-order valence-corrected chi connectivity index (χ1v) is 9.66. The largest absolute Gasteiger partial charge is 0.489 e. The predicted molar refractivity (Wildman–Crippen MR) is 121 cm³/mol. The van der Waals surface area contributed by atoms with Gasteiger partial charge in [-0.25, -0.2) is 4.39 Å². The summed E-state index contributed by atoms with van der Waals surface area (Å²) in [6.07, 6.45) is 3.67. The molecule has 8 heteroatoms. The Labute approximate surface area is 184 Å². The van der Waals surface area contributed by atoms with Gasteiger partial charge in [0.1, 0.15) is 17.7 Å². The number of benzene rings is 1. The normalized spacial score (nSPS) is 18.1. The van der Waals surface area contributed by atoms with Gasteiger partial charge >= 0.3 is 0 Å². The lowest BCUT2D eigenvalue weighted by Gasteiger charge is -2.33. The zero-order chi connectivity index (χ0) is 19.6. The van der Waals surface area contributed by atoms with Gasteiger partial charge in [0.05, 0.1) is 6.54 Å². The van der Waals surface area contributed by atoms with E-state index >= 15 is 0 Å². The lowest BCUT2D eigenvalue weighted by Crippen LogP contribution is -2.45. The van der Waals surface area contributed by atoms with Crippen LogP contribution in [-0.4, -0.2) is 55.6 Å². The summed E-state index contributed by atoms with van der Waals surface area (Å²) in [6.45, 7) is 5.91. The number of hydrogen-bond acceptors (Lipinski definition) is 3. The first-order valence-electron chi connectivity index (χ1n) is 9.66. The fourth-order valence-electron chi connectivity index (χ4n) is 3.18. The van der Waals surface area contributed by atoms with E-state index in [9.17, 15) is 9.18 Å². The fourth-order valence-corrected chi connectivity index (χ4v) is 3.18. The van der Waals surface area contributed by atoms with Crippen LogP contribution in [-0.2, 0) is 4.79 Å². The van der Waals surface area contributed by atoms with Crippen LogP contribution in [0.3, 0.4) is 0 Å². The van der Waals surface area contributed by atoms with Crippen molar-refractivity contribution in [1.29, 1.82) is 0 Å². The molecule has 1 aromatic carbocycles. The van der Waals surface area contributed by atoms with Gasteiger partial charge in [-0.15, -0.1) is 24.0 Å². The third-order valence-electron chi connectivity index (χ3n) is 4.67. The quantitative estimate of drug-likeness (QED) is 0.339. The Kier molecular flexibility index (Phi) is 11.2. The fraction of sp³-hybridized carbons (Fsp3) is 0.600. The zero-order valence-electron chi connectivity index (χ0n) is 16.9. The summed E-state index contributed by atoms with van der Waals surface area (Å²) in [5, 5.41) is 6.32. The number of ether oxygens (including phenoxy) is 1. The van der Waals surface area contributed by atoms with Gasteiger partial charge < -0.3 is 20.3 Å². The molecule has 0 radical (unpaired) electrons. The van der Waals surface area contributed by atoms with Crippen molar-refractivity contribution >= 4 is 35.8 Å². The molecule has 1 fully saturated rings. The molecule has 2 atom stereocenters. The number of guanidine groups is 1. The van der Waals surface area contributed by atoms with Crippen molar-refractivity contribution in [3.63, 3.8) is 0 Å². The topological polar surface area (TPSA) is 66.0 Å². The van der Waals surface area contributed by atoms with Crippen LogP contribution in [0.2, 0.25) is 0 Å². The highest BCUT2D eigenvalue weighted by Gasteiger charge is 2.22. The summed E-state index contributed by atoms with van der Waals surface area (Å²) in [4.78, 5) is 18.5. The summed E-state index contributed by atoms with van der Waals surface area (Å²) >= 11 is 0.